The van der Waals surface area contributed by atoms with E-state index in [2.05, 4.69) is 11.9 Å². The van der Waals surface area contributed by atoms with Crippen LogP contribution in [0.3, 0.4) is 0 Å². The summed E-state index contributed by atoms with van der Waals surface area (Å²) < 4.78 is 10.4. The summed E-state index contributed by atoms with van der Waals surface area (Å²) >= 11 is 0. The molecule has 4 nitrogen and oxygen atoms in total. The fraction of sp³-hybridized carbons (Fsp3) is 0.647. The Morgan fingerprint density at radius 1 is 1.10 bits per heavy atom. The lowest BCUT2D eigenvalue weighted by Crippen LogP contribution is -2.26. The van der Waals surface area contributed by atoms with Gasteiger partial charge in [0.25, 0.3) is 0 Å². The van der Waals surface area contributed by atoms with E-state index in [0.29, 0.717) is 11.5 Å². The van der Waals surface area contributed by atoms with E-state index in [1.807, 2.05) is 12.1 Å². The van der Waals surface area contributed by atoms with Crippen molar-refractivity contribution in [3.63, 3.8) is 0 Å². The van der Waals surface area contributed by atoms with Crippen molar-refractivity contribution >= 4 is 0 Å². The highest BCUT2D eigenvalue weighted by Gasteiger charge is 2.17. The summed E-state index contributed by atoms with van der Waals surface area (Å²) in [7, 11) is 5.27. The zero-order valence-corrected chi connectivity index (χ0v) is 13.4. The summed E-state index contributed by atoms with van der Waals surface area (Å²) in [6, 6.07) is 3.77. The Morgan fingerprint density at radius 3 is 2.19 bits per heavy atom. The molecule has 118 valence electrons. The number of nitrogens with zero attached hydrogens (tertiary/aromatic N) is 1. The summed E-state index contributed by atoms with van der Waals surface area (Å²) in [5, 5.41) is 9.94. The van der Waals surface area contributed by atoms with Crippen LogP contribution < -0.4 is 9.47 Å². The van der Waals surface area contributed by atoms with Crippen molar-refractivity contribution in [3.05, 3.63) is 17.7 Å². The number of phenolic OH excluding ortho intramolecular Hbond substituents is 1. The van der Waals surface area contributed by atoms with Gasteiger partial charge in [-0.15, -0.1) is 0 Å². The smallest absolute Gasteiger partial charge is 0.200 e. The van der Waals surface area contributed by atoms with Gasteiger partial charge in [0, 0.05) is 13.1 Å². The molecule has 0 aliphatic heterocycles. The van der Waals surface area contributed by atoms with Crippen molar-refractivity contribution in [2.75, 3.05) is 27.8 Å². The van der Waals surface area contributed by atoms with E-state index in [-0.39, 0.29) is 5.75 Å². The zero-order chi connectivity index (χ0) is 15.2. The van der Waals surface area contributed by atoms with E-state index < -0.39 is 0 Å². The molecule has 0 atom stereocenters. The Morgan fingerprint density at radius 2 is 1.67 bits per heavy atom. The minimum absolute atomic E-state index is 0.0682. The number of rotatable bonds is 6. The molecule has 1 aliphatic carbocycles. The van der Waals surface area contributed by atoms with Crippen molar-refractivity contribution in [1.82, 2.24) is 4.90 Å². The number of ether oxygens (including phenoxy) is 2. The molecule has 0 heterocycles. The van der Waals surface area contributed by atoms with E-state index in [9.17, 15) is 5.11 Å². The van der Waals surface area contributed by atoms with Gasteiger partial charge in [-0.25, -0.2) is 0 Å². The van der Waals surface area contributed by atoms with E-state index in [1.165, 1.54) is 32.1 Å². The van der Waals surface area contributed by atoms with Crippen LogP contribution in [0.5, 0.6) is 17.2 Å². The molecule has 0 bridgehead atoms. The highest BCUT2D eigenvalue weighted by molar-refractivity contribution is 5.52. The van der Waals surface area contributed by atoms with Gasteiger partial charge in [-0.2, -0.15) is 0 Å². The van der Waals surface area contributed by atoms with Crippen molar-refractivity contribution in [1.29, 1.82) is 0 Å². The third-order valence-corrected chi connectivity index (χ3v) is 4.29. The largest absolute Gasteiger partial charge is 0.502 e. The van der Waals surface area contributed by atoms with Gasteiger partial charge in [0.15, 0.2) is 11.5 Å². The summed E-state index contributed by atoms with van der Waals surface area (Å²) in [6.07, 6.45) is 6.85. The average Bonchev–Trinajstić information content (AvgIpc) is 2.49. The number of methoxy groups -OCH3 is 2. The van der Waals surface area contributed by atoms with Crippen LogP contribution in [0.1, 0.15) is 37.7 Å². The summed E-state index contributed by atoms with van der Waals surface area (Å²) in [5.74, 6) is 1.83. The monoisotopic (exact) mass is 293 g/mol. The van der Waals surface area contributed by atoms with E-state index in [1.54, 1.807) is 14.2 Å². The second kappa shape index (κ2) is 7.55. The predicted octanol–water partition coefficient (Wildman–Crippen LogP) is 3.42. The second-order valence-electron chi connectivity index (χ2n) is 6.05. The number of phenols is 1. The van der Waals surface area contributed by atoms with Crippen molar-refractivity contribution in [2.24, 2.45) is 5.92 Å². The summed E-state index contributed by atoms with van der Waals surface area (Å²) in [4.78, 5) is 2.35. The SMILES string of the molecule is COc1cc(CN(C)CC2CCCCC2)cc(OC)c1O. The molecule has 0 aromatic heterocycles. The normalized spacial score (nSPS) is 16.2. The molecule has 1 saturated carbocycles. The molecule has 2 rings (SSSR count). The number of hydrogen-bond donors (Lipinski definition) is 1. The lowest BCUT2D eigenvalue weighted by Gasteiger charge is -2.27. The highest BCUT2D eigenvalue weighted by atomic mass is 16.5. The lowest BCUT2D eigenvalue weighted by atomic mass is 9.89. The Kier molecular flexibility index (Phi) is 5.74. The van der Waals surface area contributed by atoms with Gasteiger partial charge in [-0.3, -0.25) is 0 Å². The second-order valence-corrected chi connectivity index (χ2v) is 6.05. The van der Waals surface area contributed by atoms with Crippen LogP contribution >= 0.6 is 0 Å². The molecule has 1 aromatic rings. The maximum absolute atomic E-state index is 9.94. The standard InChI is InChI=1S/C17H27NO3/c1-18(11-13-7-5-4-6-8-13)12-14-9-15(20-2)17(19)16(10-14)21-3/h9-10,13,19H,4-8,11-12H2,1-3H3. The molecule has 0 saturated heterocycles. The molecule has 1 fully saturated rings. The van der Waals surface area contributed by atoms with Crippen molar-refractivity contribution in [3.8, 4) is 17.2 Å². The molecular weight excluding hydrogens is 266 g/mol. The first-order valence-corrected chi connectivity index (χ1v) is 7.76. The van der Waals surface area contributed by atoms with Crippen LogP contribution in [0.4, 0.5) is 0 Å². The fourth-order valence-corrected chi connectivity index (χ4v) is 3.23. The molecule has 0 spiro atoms. The molecule has 1 N–H and O–H groups in total. The zero-order valence-electron chi connectivity index (χ0n) is 13.4. The van der Waals surface area contributed by atoms with Gasteiger partial charge in [-0.1, -0.05) is 19.3 Å². The van der Waals surface area contributed by atoms with Crippen LogP contribution in [-0.2, 0) is 6.54 Å². The quantitative estimate of drug-likeness (QED) is 0.872. The van der Waals surface area contributed by atoms with Crippen molar-refractivity contribution < 1.29 is 14.6 Å². The third-order valence-electron chi connectivity index (χ3n) is 4.29. The fourth-order valence-electron chi connectivity index (χ4n) is 3.23. The molecular formula is C17H27NO3. The first-order valence-electron chi connectivity index (χ1n) is 7.76. The first kappa shape index (κ1) is 16.0. The van der Waals surface area contributed by atoms with Crippen LogP contribution in [0, 0.1) is 5.92 Å². The Balaban J connectivity index is 2.00. The minimum atomic E-state index is 0.0682. The topological polar surface area (TPSA) is 41.9 Å². The van der Waals surface area contributed by atoms with E-state index in [0.717, 1.165) is 24.6 Å². The molecule has 1 aliphatic rings. The van der Waals surface area contributed by atoms with E-state index >= 15 is 0 Å². The van der Waals surface area contributed by atoms with Crippen LogP contribution in [0.15, 0.2) is 12.1 Å². The van der Waals surface area contributed by atoms with Crippen molar-refractivity contribution in [2.45, 2.75) is 38.6 Å². The van der Waals surface area contributed by atoms with Gasteiger partial charge >= 0.3 is 0 Å². The third kappa shape index (κ3) is 4.27. The maximum atomic E-state index is 9.94. The summed E-state index contributed by atoms with van der Waals surface area (Å²) in [5.41, 5.74) is 1.10. The highest BCUT2D eigenvalue weighted by Crippen LogP contribution is 2.37. The molecule has 0 unspecified atom stereocenters. The lowest BCUT2D eigenvalue weighted by molar-refractivity contribution is 0.227. The molecule has 1 aromatic carbocycles. The average molecular weight is 293 g/mol. The first-order chi connectivity index (χ1) is 10.1. The molecule has 21 heavy (non-hydrogen) atoms. The predicted molar refractivity (Wildman–Crippen MR) is 84.1 cm³/mol. The minimum Gasteiger partial charge on any atom is -0.502 e. The maximum Gasteiger partial charge on any atom is 0.200 e. The number of aromatic hydroxyl groups is 1. The van der Waals surface area contributed by atoms with Crippen LogP contribution in [-0.4, -0.2) is 37.8 Å². The Hall–Kier alpha value is -1.42. The van der Waals surface area contributed by atoms with Gasteiger partial charge in [-0.05, 0) is 43.5 Å². The van der Waals surface area contributed by atoms with Gasteiger partial charge < -0.3 is 19.5 Å². The van der Waals surface area contributed by atoms with E-state index in [4.69, 9.17) is 9.47 Å². The van der Waals surface area contributed by atoms with Gasteiger partial charge in [0.2, 0.25) is 5.75 Å². The number of hydrogen-bond acceptors (Lipinski definition) is 4. The van der Waals surface area contributed by atoms with Crippen LogP contribution in [0.25, 0.3) is 0 Å². The summed E-state index contributed by atoms with van der Waals surface area (Å²) in [6.45, 7) is 1.97. The Labute approximate surface area is 127 Å². The van der Waals surface area contributed by atoms with Gasteiger partial charge in [0.05, 0.1) is 14.2 Å². The van der Waals surface area contributed by atoms with Gasteiger partial charge in [0.1, 0.15) is 0 Å². The molecule has 0 amide bonds. The Bertz CT molecular complexity index is 430. The molecule has 4 heteroatoms. The van der Waals surface area contributed by atoms with Crippen LogP contribution in [0.2, 0.25) is 0 Å². The molecule has 0 radical (unpaired) electrons. The number of benzene rings is 1.